The molecule has 1 saturated heterocycles. The first-order valence-corrected chi connectivity index (χ1v) is 11.7. The van der Waals surface area contributed by atoms with Gasteiger partial charge in [-0.05, 0) is 50.4 Å². The zero-order valence-corrected chi connectivity index (χ0v) is 17.7. The molecule has 1 aliphatic rings. The summed E-state index contributed by atoms with van der Waals surface area (Å²) in [5, 5.41) is 2.86. The maximum Gasteiger partial charge on any atom is 0.255 e. The van der Waals surface area contributed by atoms with Crippen LogP contribution in [0.5, 0.6) is 0 Å². The van der Waals surface area contributed by atoms with E-state index in [1.165, 1.54) is 28.2 Å². The summed E-state index contributed by atoms with van der Waals surface area (Å²) in [4.78, 5) is 13.7. The smallest absolute Gasteiger partial charge is 0.255 e. The van der Waals surface area contributed by atoms with E-state index in [9.17, 15) is 13.2 Å². The molecule has 1 fully saturated rings. The monoisotopic (exact) mass is 420 g/mol. The van der Waals surface area contributed by atoms with Crippen LogP contribution >= 0.6 is 11.8 Å². The van der Waals surface area contributed by atoms with Gasteiger partial charge >= 0.3 is 0 Å². The number of anilines is 1. The second kappa shape index (κ2) is 8.65. The fraction of sp³-hybridized carbons (Fsp3) is 0.350. The summed E-state index contributed by atoms with van der Waals surface area (Å²) in [6.45, 7) is 4.30. The molecule has 2 aromatic rings. The standard InChI is InChI=1S/C20H24N2O4S2/c1-14-12-22(13-15(2)26-14)28(24,25)17-8-6-7-16(11-17)20(23)21-18-9-4-5-10-19(18)27-3/h4-11,14-15H,12-13H2,1-3H3,(H,21,23). The average Bonchev–Trinajstić information content (AvgIpc) is 2.67. The molecule has 3 rings (SSSR count). The van der Waals surface area contributed by atoms with Crippen LogP contribution in [0.3, 0.4) is 0 Å². The second-order valence-corrected chi connectivity index (χ2v) is 9.55. The molecule has 2 unspecified atom stereocenters. The van der Waals surface area contributed by atoms with Gasteiger partial charge in [0.05, 0.1) is 22.8 Å². The van der Waals surface area contributed by atoms with Crippen molar-refractivity contribution in [2.45, 2.75) is 35.8 Å². The molecule has 2 atom stereocenters. The Morgan fingerprint density at radius 1 is 1.11 bits per heavy atom. The molecule has 0 aliphatic carbocycles. The van der Waals surface area contributed by atoms with Gasteiger partial charge in [0.25, 0.3) is 5.91 Å². The van der Waals surface area contributed by atoms with Gasteiger partial charge in [0, 0.05) is 23.5 Å². The number of carbonyl (C=O) groups excluding carboxylic acids is 1. The van der Waals surface area contributed by atoms with Crippen LogP contribution in [0.25, 0.3) is 0 Å². The topological polar surface area (TPSA) is 75.7 Å². The van der Waals surface area contributed by atoms with E-state index in [0.717, 1.165) is 4.90 Å². The average molecular weight is 421 g/mol. The molecule has 6 nitrogen and oxygen atoms in total. The molecule has 1 heterocycles. The number of para-hydroxylation sites is 1. The lowest BCUT2D eigenvalue weighted by molar-refractivity contribution is -0.0440. The zero-order valence-electron chi connectivity index (χ0n) is 16.1. The van der Waals surface area contributed by atoms with E-state index in [-0.39, 0.29) is 23.0 Å². The van der Waals surface area contributed by atoms with Gasteiger partial charge in [-0.25, -0.2) is 8.42 Å². The quantitative estimate of drug-likeness (QED) is 0.750. The van der Waals surface area contributed by atoms with E-state index < -0.39 is 10.0 Å². The maximum atomic E-state index is 13.0. The summed E-state index contributed by atoms with van der Waals surface area (Å²) < 4.78 is 33.1. The molecule has 1 aliphatic heterocycles. The Balaban J connectivity index is 1.84. The van der Waals surface area contributed by atoms with Crippen LogP contribution in [0.4, 0.5) is 5.69 Å². The van der Waals surface area contributed by atoms with Crippen LogP contribution < -0.4 is 5.32 Å². The number of nitrogens with zero attached hydrogens (tertiary/aromatic N) is 1. The fourth-order valence-corrected chi connectivity index (χ4v) is 5.41. The Morgan fingerprint density at radius 3 is 2.46 bits per heavy atom. The number of benzene rings is 2. The minimum atomic E-state index is -3.70. The van der Waals surface area contributed by atoms with Crippen molar-refractivity contribution in [2.75, 3.05) is 24.7 Å². The molecule has 28 heavy (non-hydrogen) atoms. The van der Waals surface area contributed by atoms with E-state index in [1.807, 2.05) is 44.4 Å². The summed E-state index contributed by atoms with van der Waals surface area (Å²) in [5.74, 6) is -0.345. The zero-order chi connectivity index (χ0) is 20.3. The Labute approximate surface area is 170 Å². The number of nitrogens with one attached hydrogen (secondary N) is 1. The van der Waals surface area contributed by atoms with Gasteiger partial charge in [0.1, 0.15) is 0 Å². The van der Waals surface area contributed by atoms with Crippen LogP contribution in [-0.4, -0.2) is 50.2 Å². The molecular weight excluding hydrogens is 396 g/mol. The van der Waals surface area contributed by atoms with Gasteiger partial charge in [0.15, 0.2) is 0 Å². The van der Waals surface area contributed by atoms with Crippen LogP contribution in [0, 0.1) is 0 Å². The maximum absolute atomic E-state index is 13.0. The molecular formula is C20H24N2O4S2. The second-order valence-electron chi connectivity index (χ2n) is 6.76. The van der Waals surface area contributed by atoms with Gasteiger partial charge < -0.3 is 10.1 Å². The van der Waals surface area contributed by atoms with Gasteiger partial charge in [-0.3, -0.25) is 4.79 Å². The number of carbonyl (C=O) groups is 1. The lowest BCUT2D eigenvalue weighted by atomic mass is 10.2. The minimum absolute atomic E-state index is 0.111. The molecule has 0 aromatic heterocycles. The van der Waals surface area contributed by atoms with Crippen LogP contribution in [0.1, 0.15) is 24.2 Å². The third-order valence-corrected chi connectivity index (χ3v) is 7.10. The van der Waals surface area contributed by atoms with Crippen molar-refractivity contribution >= 4 is 33.4 Å². The van der Waals surface area contributed by atoms with Gasteiger partial charge in [0.2, 0.25) is 10.0 Å². The predicted molar refractivity (Wildman–Crippen MR) is 111 cm³/mol. The molecule has 2 aromatic carbocycles. The minimum Gasteiger partial charge on any atom is -0.373 e. The SMILES string of the molecule is CSc1ccccc1NC(=O)c1cccc(S(=O)(=O)N2CC(C)OC(C)C2)c1. The van der Waals surface area contributed by atoms with Crippen molar-refractivity contribution in [3.63, 3.8) is 0 Å². The van der Waals surface area contributed by atoms with E-state index in [0.29, 0.717) is 24.3 Å². The highest BCUT2D eigenvalue weighted by atomic mass is 32.2. The van der Waals surface area contributed by atoms with Crippen molar-refractivity contribution in [3.05, 3.63) is 54.1 Å². The Bertz CT molecular complexity index is 952. The number of rotatable bonds is 5. The van der Waals surface area contributed by atoms with Crippen LogP contribution in [0.2, 0.25) is 0 Å². The highest BCUT2D eigenvalue weighted by molar-refractivity contribution is 7.98. The van der Waals surface area contributed by atoms with Gasteiger partial charge in [-0.1, -0.05) is 18.2 Å². The van der Waals surface area contributed by atoms with E-state index >= 15 is 0 Å². The van der Waals surface area contributed by atoms with Crippen molar-refractivity contribution < 1.29 is 17.9 Å². The Kier molecular flexibility index (Phi) is 6.44. The van der Waals surface area contributed by atoms with Crippen molar-refractivity contribution in [2.24, 2.45) is 0 Å². The third kappa shape index (κ3) is 4.57. The number of sulfonamides is 1. The number of thioether (sulfide) groups is 1. The lowest BCUT2D eigenvalue weighted by Crippen LogP contribution is -2.48. The van der Waals surface area contributed by atoms with Crippen molar-refractivity contribution in [1.29, 1.82) is 0 Å². The number of hydrogen-bond acceptors (Lipinski definition) is 5. The summed E-state index contributed by atoms with van der Waals surface area (Å²) >= 11 is 1.53. The molecule has 0 radical (unpaired) electrons. The summed E-state index contributed by atoms with van der Waals surface area (Å²) in [6.07, 6.45) is 1.59. The van der Waals surface area contributed by atoms with Gasteiger partial charge in [-0.2, -0.15) is 4.31 Å². The molecule has 1 N–H and O–H groups in total. The molecule has 1 amide bonds. The molecule has 8 heteroatoms. The number of amides is 1. The van der Waals surface area contributed by atoms with Crippen LogP contribution in [0.15, 0.2) is 58.3 Å². The largest absolute Gasteiger partial charge is 0.373 e. The first kappa shape index (κ1) is 20.9. The van der Waals surface area contributed by atoms with E-state index in [4.69, 9.17) is 4.74 Å². The Hall–Kier alpha value is -1.87. The highest BCUT2D eigenvalue weighted by Crippen LogP contribution is 2.26. The normalized spacial score (nSPS) is 20.7. The number of morpholine rings is 1. The van der Waals surface area contributed by atoms with Gasteiger partial charge in [-0.15, -0.1) is 11.8 Å². The lowest BCUT2D eigenvalue weighted by Gasteiger charge is -2.34. The van der Waals surface area contributed by atoms with Crippen molar-refractivity contribution in [1.82, 2.24) is 4.31 Å². The molecule has 150 valence electrons. The summed E-state index contributed by atoms with van der Waals surface area (Å²) in [5.41, 5.74) is 0.996. The first-order chi connectivity index (χ1) is 13.3. The molecule has 0 bridgehead atoms. The fourth-order valence-electron chi connectivity index (χ4n) is 3.22. The third-order valence-electron chi connectivity index (χ3n) is 4.48. The highest BCUT2D eigenvalue weighted by Gasteiger charge is 2.32. The predicted octanol–water partition coefficient (Wildman–Crippen LogP) is 3.46. The van der Waals surface area contributed by atoms with Crippen LogP contribution in [-0.2, 0) is 14.8 Å². The van der Waals surface area contributed by atoms with E-state index in [1.54, 1.807) is 12.1 Å². The summed E-state index contributed by atoms with van der Waals surface area (Å²) in [7, 11) is -3.70. The molecule has 0 spiro atoms. The number of hydrogen-bond donors (Lipinski definition) is 1. The summed E-state index contributed by atoms with van der Waals surface area (Å²) in [6, 6.07) is 13.6. The number of ether oxygens (including phenoxy) is 1. The Morgan fingerprint density at radius 2 is 1.79 bits per heavy atom. The van der Waals surface area contributed by atoms with E-state index in [2.05, 4.69) is 5.32 Å². The first-order valence-electron chi connectivity index (χ1n) is 9.01. The van der Waals surface area contributed by atoms with Crippen molar-refractivity contribution in [3.8, 4) is 0 Å². The molecule has 0 saturated carbocycles.